The van der Waals surface area contributed by atoms with Crippen molar-refractivity contribution in [3.8, 4) is 0 Å². The van der Waals surface area contributed by atoms with Crippen molar-refractivity contribution in [1.82, 2.24) is 0 Å². The molecule has 0 aromatic heterocycles. The molecule has 10 atom stereocenters. The molecule has 5 aliphatic carbocycles. The first kappa shape index (κ1) is 29.4. The number of carbonyl (C=O) groups is 1. The molecule has 0 aromatic rings. The van der Waals surface area contributed by atoms with Crippen LogP contribution in [0.4, 0.5) is 0 Å². The third-order valence-electron chi connectivity index (χ3n) is 12.4. The number of ketones is 1. The molecular formula is C33H52O6. The number of aliphatic hydroxyl groups excluding tert-OH is 4. The SMILES string of the molecule is CC(C)C(C[C@@H](O)[C@@H](C)[C@H]1CC[C@@]2(O)C3=CC(=O)[C@@H]4C[C@@H](O)[C@@H](O)C[C@]4(C)[C@H]3CC[C@]12CO)=C1CCCCC1. The van der Waals surface area contributed by atoms with Gasteiger partial charge in [0, 0.05) is 11.3 Å². The maximum Gasteiger partial charge on any atom is 0.159 e. The van der Waals surface area contributed by atoms with E-state index in [1.807, 2.05) is 6.92 Å². The van der Waals surface area contributed by atoms with Crippen molar-refractivity contribution in [2.45, 2.75) is 129 Å². The van der Waals surface area contributed by atoms with Crippen LogP contribution in [-0.2, 0) is 4.79 Å². The fourth-order valence-corrected chi connectivity index (χ4v) is 10.1. The normalized spacial score (nSPS) is 43.8. The van der Waals surface area contributed by atoms with Crippen LogP contribution in [0.3, 0.4) is 0 Å². The zero-order valence-electron chi connectivity index (χ0n) is 24.5. The van der Waals surface area contributed by atoms with Gasteiger partial charge in [-0.3, -0.25) is 4.79 Å². The van der Waals surface area contributed by atoms with Crippen LogP contribution >= 0.6 is 0 Å². The summed E-state index contributed by atoms with van der Waals surface area (Å²) in [6, 6.07) is 0. The van der Waals surface area contributed by atoms with E-state index in [9.17, 15) is 30.3 Å². The van der Waals surface area contributed by atoms with E-state index in [1.54, 1.807) is 6.08 Å². The van der Waals surface area contributed by atoms with Crippen LogP contribution in [0.5, 0.6) is 0 Å². The minimum atomic E-state index is -1.31. The molecule has 5 rings (SSSR count). The Hall–Kier alpha value is -1.05. The van der Waals surface area contributed by atoms with Gasteiger partial charge in [0.1, 0.15) is 0 Å². The van der Waals surface area contributed by atoms with Crippen molar-refractivity contribution < 1.29 is 30.3 Å². The van der Waals surface area contributed by atoms with Crippen molar-refractivity contribution >= 4 is 5.78 Å². The molecule has 0 spiro atoms. The monoisotopic (exact) mass is 544 g/mol. The van der Waals surface area contributed by atoms with Gasteiger partial charge in [-0.1, -0.05) is 45.3 Å². The lowest BCUT2D eigenvalue weighted by Gasteiger charge is -2.60. The van der Waals surface area contributed by atoms with Crippen LogP contribution in [0.25, 0.3) is 0 Å². The summed E-state index contributed by atoms with van der Waals surface area (Å²) in [4.78, 5) is 13.4. The van der Waals surface area contributed by atoms with E-state index < -0.39 is 34.7 Å². The third-order valence-corrected chi connectivity index (χ3v) is 12.4. The van der Waals surface area contributed by atoms with Gasteiger partial charge in [-0.2, -0.15) is 0 Å². The van der Waals surface area contributed by atoms with Gasteiger partial charge in [-0.25, -0.2) is 0 Å². The van der Waals surface area contributed by atoms with Crippen molar-refractivity contribution in [1.29, 1.82) is 0 Å². The van der Waals surface area contributed by atoms with Gasteiger partial charge >= 0.3 is 0 Å². The highest BCUT2D eigenvalue weighted by Crippen LogP contribution is 2.68. The molecule has 4 fully saturated rings. The van der Waals surface area contributed by atoms with Gasteiger partial charge in [0.2, 0.25) is 0 Å². The largest absolute Gasteiger partial charge is 0.396 e. The molecule has 39 heavy (non-hydrogen) atoms. The minimum Gasteiger partial charge on any atom is -0.396 e. The Bertz CT molecular complexity index is 1010. The topological polar surface area (TPSA) is 118 Å². The predicted molar refractivity (Wildman–Crippen MR) is 151 cm³/mol. The second kappa shape index (κ2) is 10.7. The summed E-state index contributed by atoms with van der Waals surface area (Å²) in [5, 5.41) is 56.0. The maximum absolute atomic E-state index is 13.4. The van der Waals surface area contributed by atoms with E-state index in [4.69, 9.17) is 0 Å². The summed E-state index contributed by atoms with van der Waals surface area (Å²) >= 11 is 0. The molecule has 6 nitrogen and oxygen atoms in total. The summed E-state index contributed by atoms with van der Waals surface area (Å²) in [5.74, 6) is -0.290. The highest BCUT2D eigenvalue weighted by Gasteiger charge is 2.68. The number of allylic oxidation sites excluding steroid dienone is 2. The molecule has 0 unspecified atom stereocenters. The maximum atomic E-state index is 13.4. The fraction of sp³-hybridized carbons (Fsp3) is 0.848. The Kier molecular flexibility index (Phi) is 8.04. The zero-order valence-corrected chi connectivity index (χ0v) is 24.5. The number of aliphatic hydroxyl groups is 5. The molecule has 0 bridgehead atoms. The molecule has 6 heteroatoms. The second-order valence-corrected chi connectivity index (χ2v) is 14.5. The molecule has 0 saturated heterocycles. The molecule has 5 N–H and O–H groups in total. The van der Waals surface area contributed by atoms with E-state index in [0.29, 0.717) is 38.0 Å². The van der Waals surface area contributed by atoms with Gasteiger partial charge < -0.3 is 25.5 Å². The van der Waals surface area contributed by atoms with Crippen molar-refractivity contribution in [2.24, 2.45) is 40.4 Å². The lowest BCUT2D eigenvalue weighted by atomic mass is 9.45. The summed E-state index contributed by atoms with van der Waals surface area (Å²) in [6.07, 6.45) is 9.05. The zero-order chi connectivity index (χ0) is 28.3. The standard InChI is InChI=1S/C33H52O6/c1-19(2)22(21-8-6-5-7-9-21)14-27(35)20(3)23-11-13-33(39)25-15-28(36)26-16-29(37)30(38)17-31(26,4)24(25)10-12-32(23,33)18-34/h15,19-20,23-24,26-27,29-30,34-35,37-39H,5-14,16-18H2,1-4H3/t20-,23+,24-,26-,27+,29+,30-,31+,32-,33+/m0/s1. The summed E-state index contributed by atoms with van der Waals surface area (Å²) in [6.45, 7) is 8.40. The Morgan fingerprint density at radius 1 is 1.03 bits per heavy atom. The van der Waals surface area contributed by atoms with Gasteiger partial charge in [-0.15, -0.1) is 0 Å². The van der Waals surface area contributed by atoms with E-state index >= 15 is 0 Å². The first-order valence-electron chi connectivity index (χ1n) is 15.7. The van der Waals surface area contributed by atoms with Gasteiger partial charge in [0.25, 0.3) is 0 Å². The molecule has 4 saturated carbocycles. The number of carbonyl (C=O) groups excluding carboxylic acids is 1. The van der Waals surface area contributed by atoms with E-state index in [0.717, 1.165) is 24.8 Å². The Morgan fingerprint density at radius 3 is 2.36 bits per heavy atom. The Morgan fingerprint density at radius 2 is 1.72 bits per heavy atom. The molecular weight excluding hydrogens is 492 g/mol. The van der Waals surface area contributed by atoms with Crippen LogP contribution in [0.15, 0.2) is 22.8 Å². The molecule has 220 valence electrons. The number of fused-ring (bicyclic) bond motifs is 5. The van der Waals surface area contributed by atoms with Crippen LogP contribution in [0.1, 0.15) is 105 Å². The molecule has 0 aliphatic heterocycles. The van der Waals surface area contributed by atoms with Crippen molar-refractivity contribution in [3.05, 3.63) is 22.8 Å². The fourth-order valence-electron chi connectivity index (χ4n) is 10.1. The predicted octanol–water partition coefficient (Wildman–Crippen LogP) is 4.47. The summed E-state index contributed by atoms with van der Waals surface area (Å²) in [5.41, 5.74) is 1.00. The first-order valence-corrected chi connectivity index (χ1v) is 15.7. The second-order valence-electron chi connectivity index (χ2n) is 14.5. The molecule has 0 heterocycles. The average molecular weight is 545 g/mol. The Labute approximate surface area is 234 Å². The minimum absolute atomic E-state index is 0.0616. The highest BCUT2D eigenvalue weighted by molar-refractivity contribution is 5.95. The van der Waals surface area contributed by atoms with Gasteiger partial charge in [-0.05, 0) is 111 Å². The Balaban J connectivity index is 1.44. The highest BCUT2D eigenvalue weighted by atomic mass is 16.3. The van der Waals surface area contributed by atoms with Crippen LogP contribution in [-0.4, -0.2) is 61.8 Å². The van der Waals surface area contributed by atoms with E-state index in [2.05, 4.69) is 20.8 Å². The quantitative estimate of drug-likeness (QED) is 0.315. The van der Waals surface area contributed by atoms with E-state index in [1.165, 1.54) is 30.4 Å². The summed E-state index contributed by atoms with van der Waals surface area (Å²) < 4.78 is 0. The lowest BCUT2D eigenvalue weighted by molar-refractivity contribution is -0.163. The smallest absolute Gasteiger partial charge is 0.159 e. The molecule has 0 amide bonds. The van der Waals surface area contributed by atoms with Crippen LogP contribution in [0, 0.1) is 40.4 Å². The summed E-state index contributed by atoms with van der Waals surface area (Å²) in [7, 11) is 0. The number of hydrogen-bond donors (Lipinski definition) is 5. The first-order chi connectivity index (χ1) is 18.4. The van der Waals surface area contributed by atoms with Crippen molar-refractivity contribution in [3.63, 3.8) is 0 Å². The van der Waals surface area contributed by atoms with Gasteiger partial charge in [0.05, 0.1) is 30.5 Å². The van der Waals surface area contributed by atoms with E-state index in [-0.39, 0.29) is 42.5 Å². The van der Waals surface area contributed by atoms with Crippen LogP contribution in [0.2, 0.25) is 0 Å². The van der Waals surface area contributed by atoms with Gasteiger partial charge in [0.15, 0.2) is 5.78 Å². The number of hydrogen-bond acceptors (Lipinski definition) is 6. The third kappa shape index (κ3) is 4.52. The van der Waals surface area contributed by atoms with Crippen LogP contribution < -0.4 is 0 Å². The lowest BCUT2D eigenvalue weighted by Crippen LogP contribution is -2.62. The average Bonchev–Trinajstić information content (AvgIpc) is 3.22. The molecule has 5 aliphatic rings. The number of rotatable bonds is 6. The molecule has 0 aromatic carbocycles. The van der Waals surface area contributed by atoms with Crippen molar-refractivity contribution in [2.75, 3.05) is 6.61 Å². The molecule has 0 radical (unpaired) electrons.